The molecule has 0 aliphatic heterocycles. The van der Waals surface area contributed by atoms with Crippen molar-refractivity contribution < 1.29 is 28.6 Å². The van der Waals surface area contributed by atoms with Crippen molar-refractivity contribution in [1.82, 2.24) is 0 Å². The van der Waals surface area contributed by atoms with Crippen LogP contribution in [0.4, 0.5) is 0 Å². The van der Waals surface area contributed by atoms with Gasteiger partial charge in [-0.1, -0.05) is 315 Å². The molecule has 0 saturated heterocycles. The minimum absolute atomic E-state index is 0.0689. The Morgan fingerprint density at radius 2 is 0.465 bits per heavy atom. The van der Waals surface area contributed by atoms with Gasteiger partial charge < -0.3 is 14.2 Å². The Kier molecular flexibility index (Phi) is 59.1. The predicted molar refractivity (Wildman–Crippen MR) is 307 cm³/mol. The molecule has 0 heterocycles. The summed E-state index contributed by atoms with van der Waals surface area (Å²) in [5.74, 6) is -0.869. The summed E-state index contributed by atoms with van der Waals surface area (Å²) in [6, 6.07) is 0. The number of esters is 3. The van der Waals surface area contributed by atoms with E-state index in [2.05, 4.69) is 32.9 Å². The van der Waals surface area contributed by atoms with Crippen molar-refractivity contribution >= 4 is 17.9 Å². The lowest BCUT2D eigenvalue weighted by molar-refractivity contribution is -0.167. The van der Waals surface area contributed by atoms with Crippen LogP contribution >= 0.6 is 0 Å². The molecule has 0 amide bonds. The van der Waals surface area contributed by atoms with Crippen LogP contribution in [-0.4, -0.2) is 37.2 Å². The molecule has 0 spiro atoms. The van der Waals surface area contributed by atoms with E-state index in [9.17, 15) is 14.4 Å². The Hall–Kier alpha value is -1.85. The molecular weight excluding hydrogens is 877 g/mol. The molecule has 6 nitrogen and oxygen atoms in total. The van der Waals surface area contributed by atoms with Crippen molar-refractivity contribution in [3.8, 4) is 0 Å². The summed E-state index contributed by atoms with van der Waals surface area (Å²) < 4.78 is 16.7. The molecule has 0 N–H and O–H groups in total. The fraction of sp³-hybridized carbons (Fsp3) is 0.923. The Labute approximate surface area is 443 Å². The minimum atomic E-state index is -0.767. The lowest BCUT2D eigenvalue weighted by Crippen LogP contribution is -2.30. The van der Waals surface area contributed by atoms with E-state index in [4.69, 9.17) is 14.2 Å². The van der Waals surface area contributed by atoms with E-state index in [0.717, 1.165) is 64.2 Å². The van der Waals surface area contributed by atoms with Gasteiger partial charge in [0.05, 0.1) is 0 Å². The smallest absolute Gasteiger partial charge is 0.306 e. The molecule has 0 bridgehead atoms. The third-order valence-corrected chi connectivity index (χ3v) is 14.8. The van der Waals surface area contributed by atoms with Gasteiger partial charge in [-0.05, 0) is 44.9 Å². The summed E-state index contributed by atoms with van der Waals surface area (Å²) in [5, 5.41) is 0. The summed E-state index contributed by atoms with van der Waals surface area (Å²) in [6.45, 7) is 6.60. The SMILES string of the molecule is CCCCC/C=C\CCCCCCCC(=O)OC(COC(=O)CCCCCCCC)COC(=O)CCCCCCCCCCCCCCCCCCCCCCCCCCCCCCCCCCCCC. The van der Waals surface area contributed by atoms with Crippen LogP contribution in [-0.2, 0) is 28.6 Å². The van der Waals surface area contributed by atoms with Crippen molar-refractivity contribution in [1.29, 1.82) is 0 Å². The number of ether oxygens (including phenoxy) is 3. The van der Waals surface area contributed by atoms with E-state index in [0.29, 0.717) is 19.3 Å². The average Bonchev–Trinajstić information content (AvgIpc) is 3.37. The first-order valence-electron chi connectivity index (χ1n) is 32.2. The van der Waals surface area contributed by atoms with E-state index in [1.165, 1.54) is 263 Å². The largest absolute Gasteiger partial charge is 0.462 e. The van der Waals surface area contributed by atoms with Crippen LogP contribution in [0.1, 0.15) is 367 Å². The molecule has 0 aliphatic carbocycles. The van der Waals surface area contributed by atoms with Gasteiger partial charge >= 0.3 is 17.9 Å². The van der Waals surface area contributed by atoms with E-state index in [1.54, 1.807) is 0 Å². The van der Waals surface area contributed by atoms with Crippen LogP contribution in [0.3, 0.4) is 0 Å². The molecule has 0 aromatic rings. The van der Waals surface area contributed by atoms with Gasteiger partial charge in [0.2, 0.25) is 0 Å². The summed E-state index contributed by atoms with van der Waals surface area (Å²) in [4.78, 5) is 37.8. The first kappa shape index (κ1) is 69.2. The van der Waals surface area contributed by atoms with Crippen molar-refractivity contribution in [2.75, 3.05) is 13.2 Å². The molecule has 1 atom stereocenters. The van der Waals surface area contributed by atoms with Crippen molar-refractivity contribution in [2.45, 2.75) is 374 Å². The van der Waals surface area contributed by atoms with E-state index < -0.39 is 6.10 Å². The van der Waals surface area contributed by atoms with Crippen LogP contribution in [0.5, 0.6) is 0 Å². The number of hydrogen-bond donors (Lipinski definition) is 0. The van der Waals surface area contributed by atoms with Gasteiger partial charge in [-0.25, -0.2) is 0 Å². The molecule has 71 heavy (non-hydrogen) atoms. The highest BCUT2D eigenvalue weighted by molar-refractivity contribution is 5.71. The molecule has 420 valence electrons. The van der Waals surface area contributed by atoms with Gasteiger partial charge in [-0.2, -0.15) is 0 Å². The summed E-state index contributed by atoms with van der Waals surface area (Å²) in [5.41, 5.74) is 0. The third-order valence-electron chi connectivity index (χ3n) is 14.8. The first-order valence-corrected chi connectivity index (χ1v) is 32.2. The zero-order chi connectivity index (χ0) is 51.4. The zero-order valence-electron chi connectivity index (χ0n) is 48.3. The normalized spacial score (nSPS) is 12.0. The molecule has 0 aromatic heterocycles. The highest BCUT2D eigenvalue weighted by Crippen LogP contribution is 2.18. The second-order valence-corrected chi connectivity index (χ2v) is 22.0. The third kappa shape index (κ3) is 58.9. The van der Waals surface area contributed by atoms with Crippen molar-refractivity contribution in [3.63, 3.8) is 0 Å². The number of hydrogen-bond acceptors (Lipinski definition) is 6. The quantitative estimate of drug-likeness (QED) is 0.0261. The second kappa shape index (κ2) is 60.7. The molecule has 0 fully saturated rings. The molecule has 0 rings (SSSR count). The number of carbonyl (C=O) groups is 3. The molecule has 1 unspecified atom stereocenters. The molecular formula is C65H124O6. The maximum Gasteiger partial charge on any atom is 0.306 e. The molecule has 0 aromatic carbocycles. The first-order chi connectivity index (χ1) is 35.0. The molecule has 6 heteroatoms. The summed E-state index contributed by atoms with van der Waals surface area (Å²) >= 11 is 0. The van der Waals surface area contributed by atoms with E-state index >= 15 is 0 Å². The van der Waals surface area contributed by atoms with Gasteiger partial charge in [-0.15, -0.1) is 0 Å². The maximum atomic E-state index is 12.7. The van der Waals surface area contributed by atoms with Gasteiger partial charge in [-0.3, -0.25) is 14.4 Å². The van der Waals surface area contributed by atoms with Crippen LogP contribution in [0.15, 0.2) is 12.2 Å². The van der Waals surface area contributed by atoms with Crippen LogP contribution in [0.25, 0.3) is 0 Å². The van der Waals surface area contributed by atoms with E-state index in [1.807, 2.05) is 0 Å². The van der Waals surface area contributed by atoms with Crippen LogP contribution in [0, 0.1) is 0 Å². The maximum absolute atomic E-state index is 12.7. The summed E-state index contributed by atoms with van der Waals surface area (Å²) in [7, 11) is 0. The van der Waals surface area contributed by atoms with Crippen LogP contribution in [0.2, 0.25) is 0 Å². The minimum Gasteiger partial charge on any atom is -0.462 e. The Morgan fingerprint density at radius 3 is 0.732 bits per heavy atom. The molecule has 0 radical (unpaired) electrons. The Morgan fingerprint density at radius 1 is 0.268 bits per heavy atom. The highest BCUT2D eigenvalue weighted by Gasteiger charge is 2.19. The monoisotopic (exact) mass is 1000 g/mol. The van der Waals surface area contributed by atoms with Gasteiger partial charge in [0.1, 0.15) is 13.2 Å². The lowest BCUT2D eigenvalue weighted by Gasteiger charge is -2.18. The van der Waals surface area contributed by atoms with Gasteiger partial charge in [0.15, 0.2) is 6.10 Å². The average molecular weight is 1000 g/mol. The number of allylic oxidation sites excluding steroid dienone is 2. The topological polar surface area (TPSA) is 78.9 Å². The van der Waals surface area contributed by atoms with Crippen molar-refractivity contribution in [2.24, 2.45) is 0 Å². The number of rotatable bonds is 60. The number of carbonyl (C=O) groups excluding carboxylic acids is 3. The second-order valence-electron chi connectivity index (χ2n) is 22.0. The fourth-order valence-electron chi connectivity index (χ4n) is 9.91. The number of unbranched alkanes of at least 4 members (excludes halogenated alkanes) is 47. The van der Waals surface area contributed by atoms with Gasteiger partial charge in [0.25, 0.3) is 0 Å². The highest BCUT2D eigenvalue weighted by atomic mass is 16.6. The fourth-order valence-corrected chi connectivity index (χ4v) is 9.91. The zero-order valence-corrected chi connectivity index (χ0v) is 48.3. The predicted octanol–water partition coefficient (Wildman–Crippen LogP) is 21.7. The molecule has 0 aliphatic rings. The Balaban J connectivity index is 3.80. The standard InChI is InChI=1S/C65H124O6/c1-4-7-10-13-16-18-20-22-23-24-25-26-27-28-29-30-31-32-33-34-35-36-37-38-39-40-41-42-43-44-46-47-49-52-55-58-64(67)70-61-62(60-69-63(66)57-54-51-15-12-9-6-3)71-65(68)59-56-53-50-48-45-21-19-17-14-11-8-5-2/h17,19,62H,4-16,18,20-61H2,1-3H3/b19-17-. The summed E-state index contributed by atoms with van der Waals surface area (Å²) in [6.07, 6.45) is 71.6. The van der Waals surface area contributed by atoms with Gasteiger partial charge in [0, 0.05) is 19.3 Å². The van der Waals surface area contributed by atoms with E-state index in [-0.39, 0.29) is 31.1 Å². The molecule has 0 saturated carbocycles. The Bertz CT molecular complexity index is 1100. The lowest BCUT2D eigenvalue weighted by atomic mass is 10.0. The van der Waals surface area contributed by atoms with Crippen molar-refractivity contribution in [3.05, 3.63) is 12.2 Å². The van der Waals surface area contributed by atoms with Crippen LogP contribution < -0.4 is 0 Å².